The lowest BCUT2D eigenvalue weighted by atomic mass is 10.1. The molecule has 0 bridgehead atoms. The molecule has 2 nitrogen and oxygen atoms in total. The molecule has 0 fully saturated rings. The standard InChI is InChI=1S/C16H8Cl2N2S/c17-12-5-3-4-10(15(12)18)8-11(9-19)16-20-13-6-1-2-7-14(13)21-16/h1-8H. The van der Waals surface area contributed by atoms with Gasteiger partial charge in [-0.2, -0.15) is 5.26 Å². The van der Waals surface area contributed by atoms with Gasteiger partial charge in [-0.15, -0.1) is 11.3 Å². The van der Waals surface area contributed by atoms with Crippen molar-refractivity contribution in [3.63, 3.8) is 0 Å². The first kappa shape index (κ1) is 14.1. The van der Waals surface area contributed by atoms with Crippen LogP contribution in [0.4, 0.5) is 0 Å². The van der Waals surface area contributed by atoms with E-state index in [-0.39, 0.29) is 0 Å². The van der Waals surface area contributed by atoms with Crippen molar-refractivity contribution in [2.24, 2.45) is 0 Å². The molecule has 5 heteroatoms. The van der Waals surface area contributed by atoms with Crippen LogP contribution in [0.3, 0.4) is 0 Å². The Morgan fingerprint density at radius 1 is 1.14 bits per heavy atom. The average Bonchev–Trinajstić information content (AvgIpc) is 2.92. The number of nitrogens with zero attached hydrogens (tertiary/aromatic N) is 2. The summed E-state index contributed by atoms with van der Waals surface area (Å²) < 4.78 is 1.05. The Hall–Kier alpha value is -1.86. The van der Waals surface area contributed by atoms with E-state index in [1.807, 2.05) is 30.3 Å². The number of aromatic nitrogens is 1. The van der Waals surface area contributed by atoms with Crippen LogP contribution in [0.5, 0.6) is 0 Å². The van der Waals surface area contributed by atoms with Gasteiger partial charge in [0, 0.05) is 0 Å². The molecule has 0 atom stereocenters. The number of fused-ring (bicyclic) bond motifs is 1. The predicted octanol–water partition coefficient (Wildman–Crippen LogP) is 5.67. The molecule has 0 aliphatic heterocycles. The minimum absolute atomic E-state index is 0.438. The smallest absolute Gasteiger partial charge is 0.135 e. The van der Waals surface area contributed by atoms with Crippen LogP contribution >= 0.6 is 34.5 Å². The van der Waals surface area contributed by atoms with E-state index >= 15 is 0 Å². The largest absolute Gasteiger partial charge is 0.235 e. The third-order valence-electron chi connectivity index (χ3n) is 2.93. The topological polar surface area (TPSA) is 36.7 Å². The van der Waals surface area contributed by atoms with Crippen LogP contribution in [0, 0.1) is 11.3 Å². The molecule has 0 spiro atoms. The van der Waals surface area contributed by atoms with Crippen molar-refractivity contribution in [3.8, 4) is 6.07 Å². The SMILES string of the molecule is N#CC(=Cc1cccc(Cl)c1Cl)c1nc2ccccc2s1. The quantitative estimate of drug-likeness (QED) is 0.568. The predicted molar refractivity (Wildman–Crippen MR) is 89.6 cm³/mol. The monoisotopic (exact) mass is 330 g/mol. The van der Waals surface area contributed by atoms with Crippen LogP contribution in [-0.4, -0.2) is 4.98 Å². The Morgan fingerprint density at radius 2 is 1.95 bits per heavy atom. The minimum atomic E-state index is 0.438. The first-order valence-electron chi connectivity index (χ1n) is 6.11. The van der Waals surface area contributed by atoms with Gasteiger partial charge < -0.3 is 0 Å². The molecule has 0 saturated heterocycles. The van der Waals surface area contributed by atoms with E-state index in [1.165, 1.54) is 11.3 Å². The molecule has 102 valence electrons. The number of thiazole rings is 1. The van der Waals surface area contributed by atoms with Crippen molar-refractivity contribution in [2.75, 3.05) is 0 Å². The van der Waals surface area contributed by atoms with E-state index in [4.69, 9.17) is 23.2 Å². The lowest BCUT2D eigenvalue weighted by molar-refractivity contribution is 1.43. The van der Waals surface area contributed by atoms with Gasteiger partial charge in [0.15, 0.2) is 0 Å². The highest BCUT2D eigenvalue weighted by molar-refractivity contribution is 7.19. The summed E-state index contributed by atoms with van der Waals surface area (Å²) in [6.45, 7) is 0. The van der Waals surface area contributed by atoms with E-state index in [0.717, 1.165) is 10.2 Å². The molecule has 1 heterocycles. The lowest BCUT2D eigenvalue weighted by Crippen LogP contribution is -1.82. The summed E-state index contributed by atoms with van der Waals surface area (Å²) in [6.07, 6.45) is 1.71. The second kappa shape index (κ2) is 5.87. The summed E-state index contributed by atoms with van der Waals surface area (Å²) >= 11 is 13.6. The van der Waals surface area contributed by atoms with Crippen LogP contribution in [0.2, 0.25) is 10.0 Å². The molecule has 2 aromatic carbocycles. The summed E-state index contributed by atoms with van der Waals surface area (Å²) in [6, 6.07) is 15.3. The van der Waals surface area contributed by atoms with Crippen LogP contribution in [0.1, 0.15) is 10.6 Å². The molecule has 0 saturated carbocycles. The fourth-order valence-electron chi connectivity index (χ4n) is 1.92. The maximum absolute atomic E-state index is 9.40. The molecule has 0 aliphatic rings. The summed E-state index contributed by atoms with van der Waals surface area (Å²) in [7, 11) is 0. The summed E-state index contributed by atoms with van der Waals surface area (Å²) in [5.74, 6) is 0. The summed E-state index contributed by atoms with van der Waals surface area (Å²) in [5, 5.41) is 11.0. The zero-order valence-corrected chi connectivity index (χ0v) is 13.0. The van der Waals surface area contributed by atoms with Gasteiger partial charge in [-0.25, -0.2) is 4.98 Å². The van der Waals surface area contributed by atoms with Gasteiger partial charge in [0.2, 0.25) is 0 Å². The zero-order valence-electron chi connectivity index (χ0n) is 10.7. The Morgan fingerprint density at radius 3 is 2.71 bits per heavy atom. The second-order valence-electron chi connectivity index (χ2n) is 4.30. The highest BCUT2D eigenvalue weighted by atomic mass is 35.5. The normalized spacial score (nSPS) is 11.6. The molecule has 1 aromatic heterocycles. The minimum Gasteiger partial charge on any atom is -0.235 e. The maximum atomic E-state index is 9.40. The van der Waals surface area contributed by atoms with E-state index in [9.17, 15) is 5.26 Å². The van der Waals surface area contributed by atoms with Gasteiger partial charge >= 0.3 is 0 Å². The zero-order chi connectivity index (χ0) is 14.8. The number of rotatable bonds is 2. The van der Waals surface area contributed by atoms with Crippen molar-refractivity contribution in [1.82, 2.24) is 4.98 Å². The van der Waals surface area contributed by atoms with E-state index in [0.29, 0.717) is 26.2 Å². The molecular weight excluding hydrogens is 323 g/mol. The fraction of sp³-hybridized carbons (Fsp3) is 0. The van der Waals surface area contributed by atoms with Gasteiger partial charge in [-0.3, -0.25) is 0 Å². The molecular formula is C16H8Cl2N2S. The first-order valence-corrected chi connectivity index (χ1v) is 7.68. The van der Waals surface area contributed by atoms with Gasteiger partial charge in [0.1, 0.15) is 11.1 Å². The molecule has 3 rings (SSSR count). The van der Waals surface area contributed by atoms with Crippen molar-refractivity contribution < 1.29 is 0 Å². The van der Waals surface area contributed by atoms with Crippen molar-refractivity contribution in [2.45, 2.75) is 0 Å². The van der Waals surface area contributed by atoms with Crippen molar-refractivity contribution >= 4 is 56.4 Å². The molecule has 0 radical (unpaired) electrons. The van der Waals surface area contributed by atoms with Gasteiger partial charge in [-0.1, -0.05) is 47.5 Å². The van der Waals surface area contributed by atoms with Gasteiger partial charge in [-0.05, 0) is 29.8 Å². The van der Waals surface area contributed by atoms with Crippen molar-refractivity contribution in [3.05, 3.63) is 63.1 Å². The van der Waals surface area contributed by atoms with Crippen LogP contribution in [0.15, 0.2) is 42.5 Å². The van der Waals surface area contributed by atoms with Gasteiger partial charge in [0.25, 0.3) is 0 Å². The second-order valence-corrected chi connectivity index (χ2v) is 6.12. The third kappa shape index (κ3) is 2.79. The Kier molecular flexibility index (Phi) is 3.94. The summed E-state index contributed by atoms with van der Waals surface area (Å²) in [4.78, 5) is 4.48. The van der Waals surface area contributed by atoms with Crippen molar-refractivity contribution in [1.29, 1.82) is 5.26 Å². The summed E-state index contributed by atoms with van der Waals surface area (Å²) in [5.41, 5.74) is 2.07. The number of nitriles is 1. The number of benzene rings is 2. The molecule has 21 heavy (non-hydrogen) atoms. The van der Waals surface area contributed by atoms with E-state index < -0.39 is 0 Å². The number of para-hydroxylation sites is 1. The van der Waals surface area contributed by atoms with E-state index in [1.54, 1.807) is 18.2 Å². The molecule has 0 aliphatic carbocycles. The Bertz CT molecular complexity index is 858. The lowest BCUT2D eigenvalue weighted by Gasteiger charge is -2.00. The Labute approximate surface area is 135 Å². The van der Waals surface area contributed by atoms with Crippen LogP contribution in [-0.2, 0) is 0 Å². The van der Waals surface area contributed by atoms with Gasteiger partial charge in [0.05, 0.1) is 25.8 Å². The maximum Gasteiger partial charge on any atom is 0.135 e. The first-order chi connectivity index (χ1) is 10.2. The Balaban J connectivity index is 2.11. The van der Waals surface area contributed by atoms with E-state index in [2.05, 4.69) is 11.1 Å². The van der Waals surface area contributed by atoms with Crippen LogP contribution in [0.25, 0.3) is 21.9 Å². The molecule has 0 N–H and O–H groups in total. The molecule has 0 amide bonds. The fourth-order valence-corrected chi connectivity index (χ4v) is 3.21. The number of allylic oxidation sites excluding steroid dienone is 1. The third-order valence-corrected chi connectivity index (χ3v) is 4.83. The number of hydrogen-bond donors (Lipinski definition) is 0. The highest BCUT2D eigenvalue weighted by Crippen LogP contribution is 2.31. The number of hydrogen-bond acceptors (Lipinski definition) is 3. The van der Waals surface area contributed by atoms with Crippen LogP contribution < -0.4 is 0 Å². The molecule has 0 unspecified atom stereocenters. The highest BCUT2D eigenvalue weighted by Gasteiger charge is 2.10. The average molecular weight is 331 g/mol. The molecule has 3 aromatic rings. The number of halogens is 2.